The average Bonchev–Trinajstić information content (AvgIpc) is 3.11. The second kappa shape index (κ2) is 8.25. The van der Waals surface area contributed by atoms with E-state index in [9.17, 15) is 0 Å². The molecule has 2 aromatic heterocycles. The van der Waals surface area contributed by atoms with Crippen molar-refractivity contribution >= 4 is 11.0 Å². The van der Waals surface area contributed by atoms with E-state index < -0.39 is 0 Å². The fourth-order valence-electron chi connectivity index (χ4n) is 5.14. The van der Waals surface area contributed by atoms with Gasteiger partial charge in [0.05, 0.1) is 29.3 Å². The number of imidazole rings is 1. The smallest absolute Gasteiger partial charge is 0.124 e. The monoisotopic (exact) mass is 389 g/mol. The number of nitrogens with one attached hydrogen (secondary N) is 1. The lowest BCUT2D eigenvalue weighted by Gasteiger charge is -2.32. The minimum atomic E-state index is 0.379. The zero-order valence-corrected chi connectivity index (χ0v) is 17.3. The minimum absolute atomic E-state index is 0.379. The lowest BCUT2D eigenvalue weighted by Crippen LogP contribution is -2.33. The van der Waals surface area contributed by atoms with Crippen molar-refractivity contribution in [1.29, 1.82) is 0 Å². The fourth-order valence-corrected chi connectivity index (χ4v) is 5.14. The first kappa shape index (κ1) is 18.8. The summed E-state index contributed by atoms with van der Waals surface area (Å²) in [5, 5.41) is 3.57. The van der Waals surface area contributed by atoms with Gasteiger partial charge in [-0.2, -0.15) is 0 Å². The summed E-state index contributed by atoms with van der Waals surface area (Å²) < 4.78 is 2.48. The third kappa shape index (κ3) is 3.81. The Morgan fingerprint density at radius 2 is 2.07 bits per heavy atom. The Hall–Kier alpha value is -2.24. The molecule has 5 rings (SSSR count). The van der Waals surface area contributed by atoms with Gasteiger partial charge in [-0.25, -0.2) is 4.98 Å². The number of pyridine rings is 1. The van der Waals surface area contributed by atoms with Gasteiger partial charge in [0.1, 0.15) is 5.82 Å². The number of para-hydroxylation sites is 2. The van der Waals surface area contributed by atoms with Crippen LogP contribution in [0.5, 0.6) is 0 Å². The molecular weight excluding hydrogens is 358 g/mol. The Morgan fingerprint density at radius 1 is 1.14 bits per heavy atom. The summed E-state index contributed by atoms with van der Waals surface area (Å²) in [6.07, 6.45) is 8.08. The van der Waals surface area contributed by atoms with Gasteiger partial charge in [0, 0.05) is 12.7 Å². The van der Waals surface area contributed by atoms with Crippen molar-refractivity contribution in [2.75, 3.05) is 20.1 Å². The molecule has 3 aromatic rings. The van der Waals surface area contributed by atoms with E-state index in [-0.39, 0.29) is 0 Å². The van der Waals surface area contributed by atoms with Crippen molar-refractivity contribution < 1.29 is 0 Å². The first-order valence-corrected chi connectivity index (χ1v) is 11.1. The topological polar surface area (TPSA) is 46.0 Å². The Kier molecular flexibility index (Phi) is 5.34. The van der Waals surface area contributed by atoms with Gasteiger partial charge in [-0.05, 0) is 81.9 Å². The molecule has 1 unspecified atom stereocenters. The summed E-state index contributed by atoms with van der Waals surface area (Å²) in [6, 6.07) is 13.3. The summed E-state index contributed by atoms with van der Waals surface area (Å²) in [4.78, 5) is 12.3. The number of aryl methyl sites for hydroxylation is 1. The maximum absolute atomic E-state index is 5.05. The number of hydrogen-bond acceptors (Lipinski definition) is 4. The highest BCUT2D eigenvalue weighted by molar-refractivity contribution is 5.75. The van der Waals surface area contributed by atoms with Crippen LogP contribution in [-0.4, -0.2) is 39.6 Å². The Morgan fingerprint density at radius 3 is 2.97 bits per heavy atom. The van der Waals surface area contributed by atoms with E-state index in [2.05, 4.69) is 58.2 Å². The predicted octanol–water partition coefficient (Wildman–Crippen LogP) is 3.94. The molecule has 0 amide bonds. The number of piperidine rings is 1. The van der Waals surface area contributed by atoms with Crippen LogP contribution in [0.1, 0.15) is 48.8 Å². The number of fused-ring (bicyclic) bond motifs is 2. The van der Waals surface area contributed by atoms with E-state index in [0.29, 0.717) is 12.0 Å². The molecule has 5 nitrogen and oxygen atoms in total. The van der Waals surface area contributed by atoms with E-state index in [1.165, 1.54) is 48.3 Å². The highest BCUT2D eigenvalue weighted by Gasteiger charge is 2.26. The standard InChI is InChI=1S/C24H31N5/c1-28(22-12-4-8-19-9-6-14-26-24(19)22)17-23-27-20-10-2-3-11-21(20)29(23)16-18-7-5-13-25-15-18/h2-3,6,9-11,14,18,22,25H,4-5,7-8,12-13,15-17H2,1H3/t18-,22?/m1/s1. The molecule has 152 valence electrons. The van der Waals surface area contributed by atoms with Gasteiger partial charge in [-0.1, -0.05) is 18.2 Å². The van der Waals surface area contributed by atoms with Crippen LogP contribution in [0.2, 0.25) is 0 Å². The molecule has 0 spiro atoms. The number of benzene rings is 1. The molecule has 1 aromatic carbocycles. The van der Waals surface area contributed by atoms with E-state index in [1.54, 1.807) is 0 Å². The van der Waals surface area contributed by atoms with Gasteiger partial charge >= 0.3 is 0 Å². The molecule has 1 aliphatic heterocycles. The first-order valence-electron chi connectivity index (χ1n) is 11.1. The maximum Gasteiger partial charge on any atom is 0.124 e. The van der Waals surface area contributed by atoms with Crippen molar-refractivity contribution in [1.82, 2.24) is 24.8 Å². The molecule has 0 saturated carbocycles. The zero-order chi connectivity index (χ0) is 19.6. The second-order valence-electron chi connectivity index (χ2n) is 8.71. The molecule has 0 bridgehead atoms. The Labute approximate surface area is 173 Å². The summed E-state index contributed by atoms with van der Waals surface area (Å²) in [6.45, 7) is 4.18. The van der Waals surface area contributed by atoms with E-state index in [0.717, 1.165) is 38.1 Å². The molecule has 1 fully saturated rings. The van der Waals surface area contributed by atoms with E-state index in [4.69, 9.17) is 9.97 Å². The Balaban J connectivity index is 1.43. The maximum atomic E-state index is 5.05. The molecule has 3 heterocycles. The van der Waals surface area contributed by atoms with E-state index >= 15 is 0 Å². The molecule has 0 radical (unpaired) electrons. The molecule has 1 N–H and O–H groups in total. The number of aromatic nitrogens is 3. The number of nitrogens with zero attached hydrogens (tertiary/aromatic N) is 4. The average molecular weight is 390 g/mol. The first-order chi connectivity index (χ1) is 14.3. The van der Waals surface area contributed by atoms with Crippen LogP contribution in [-0.2, 0) is 19.5 Å². The summed E-state index contributed by atoms with van der Waals surface area (Å²) in [7, 11) is 2.24. The molecule has 2 aliphatic rings. The van der Waals surface area contributed by atoms with Gasteiger partial charge in [0.15, 0.2) is 0 Å². The molecule has 29 heavy (non-hydrogen) atoms. The van der Waals surface area contributed by atoms with Gasteiger partial charge in [-0.15, -0.1) is 0 Å². The van der Waals surface area contributed by atoms with Crippen LogP contribution >= 0.6 is 0 Å². The molecule has 5 heteroatoms. The normalized spacial score (nSPS) is 22.1. The molecule has 1 saturated heterocycles. The van der Waals surface area contributed by atoms with Crippen LogP contribution in [0.25, 0.3) is 11.0 Å². The van der Waals surface area contributed by atoms with Crippen LogP contribution in [0.4, 0.5) is 0 Å². The third-order valence-electron chi connectivity index (χ3n) is 6.66. The van der Waals surface area contributed by atoms with Crippen LogP contribution in [0, 0.1) is 5.92 Å². The van der Waals surface area contributed by atoms with Crippen LogP contribution in [0.15, 0.2) is 42.6 Å². The fraction of sp³-hybridized carbons (Fsp3) is 0.500. The minimum Gasteiger partial charge on any atom is -0.327 e. The van der Waals surface area contributed by atoms with Crippen LogP contribution in [0.3, 0.4) is 0 Å². The lowest BCUT2D eigenvalue weighted by atomic mass is 9.91. The third-order valence-corrected chi connectivity index (χ3v) is 6.66. The molecular formula is C24H31N5. The Bertz CT molecular complexity index is 972. The van der Waals surface area contributed by atoms with Gasteiger partial charge in [-0.3, -0.25) is 9.88 Å². The SMILES string of the molecule is CN(Cc1nc2ccccc2n1C[C@@H]1CCCNC1)C1CCCc2cccnc21. The summed E-state index contributed by atoms with van der Waals surface area (Å²) >= 11 is 0. The highest BCUT2D eigenvalue weighted by atomic mass is 15.2. The van der Waals surface area contributed by atoms with Crippen molar-refractivity contribution in [2.45, 2.75) is 51.2 Å². The molecule has 1 aliphatic carbocycles. The summed E-state index contributed by atoms with van der Waals surface area (Å²) in [5.41, 5.74) is 5.06. The predicted molar refractivity (Wildman–Crippen MR) is 117 cm³/mol. The zero-order valence-electron chi connectivity index (χ0n) is 17.3. The number of hydrogen-bond donors (Lipinski definition) is 1. The molecule has 2 atom stereocenters. The lowest BCUT2D eigenvalue weighted by molar-refractivity contribution is 0.200. The summed E-state index contributed by atoms with van der Waals surface area (Å²) in [5.74, 6) is 1.87. The quantitative estimate of drug-likeness (QED) is 0.718. The van der Waals surface area contributed by atoms with Gasteiger partial charge < -0.3 is 9.88 Å². The van der Waals surface area contributed by atoms with Gasteiger partial charge in [0.2, 0.25) is 0 Å². The number of rotatable bonds is 5. The van der Waals surface area contributed by atoms with E-state index in [1.807, 2.05) is 6.20 Å². The van der Waals surface area contributed by atoms with Crippen molar-refractivity contribution in [3.63, 3.8) is 0 Å². The van der Waals surface area contributed by atoms with Crippen LogP contribution < -0.4 is 5.32 Å². The van der Waals surface area contributed by atoms with Crippen molar-refractivity contribution in [3.05, 3.63) is 59.7 Å². The second-order valence-corrected chi connectivity index (χ2v) is 8.71. The van der Waals surface area contributed by atoms with Crippen molar-refractivity contribution in [3.8, 4) is 0 Å². The largest absolute Gasteiger partial charge is 0.327 e. The van der Waals surface area contributed by atoms with Crippen molar-refractivity contribution in [2.24, 2.45) is 5.92 Å². The highest BCUT2D eigenvalue weighted by Crippen LogP contribution is 2.33. The van der Waals surface area contributed by atoms with Gasteiger partial charge in [0.25, 0.3) is 0 Å².